The van der Waals surface area contributed by atoms with Crippen molar-refractivity contribution in [2.75, 3.05) is 6.61 Å². The van der Waals surface area contributed by atoms with E-state index in [4.69, 9.17) is 4.43 Å². The van der Waals surface area contributed by atoms with Crippen molar-refractivity contribution in [2.24, 2.45) is 46.3 Å². The Kier molecular flexibility index (Phi) is 6.90. The van der Waals surface area contributed by atoms with Gasteiger partial charge in [0.15, 0.2) is 8.32 Å². The zero-order chi connectivity index (χ0) is 24.4. The van der Waals surface area contributed by atoms with Gasteiger partial charge < -0.3 is 9.53 Å². The Morgan fingerprint density at radius 2 is 1.85 bits per heavy atom. The molecule has 4 aliphatic carbocycles. The predicted molar refractivity (Wildman–Crippen MR) is 143 cm³/mol. The van der Waals surface area contributed by atoms with E-state index in [0.29, 0.717) is 28.6 Å². The summed E-state index contributed by atoms with van der Waals surface area (Å²) in [6.45, 7) is 22.6. The lowest BCUT2D eigenvalue weighted by Crippen LogP contribution is -2.50. The van der Waals surface area contributed by atoms with Crippen LogP contribution in [-0.2, 0) is 4.43 Å². The summed E-state index contributed by atoms with van der Waals surface area (Å²) in [5.41, 5.74) is 2.51. The summed E-state index contributed by atoms with van der Waals surface area (Å²) in [4.78, 5) is 0. The van der Waals surface area contributed by atoms with Gasteiger partial charge in [0.25, 0.3) is 0 Å². The molecule has 0 amide bonds. The third-order valence-corrected chi connectivity index (χ3v) is 16.5. The van der Waals surface area contributed by atoms with Gasteiger partial charge in [0.05, 0.1) is 6.10 Å². The zero-order valence-electron chi connectivity index (χ0n) is 23.3. The molecule has 2 nitrogen and oxygen atoms in total. The highest BCUT2D eigenvalue weighted by molar-refractivity contribution is 6.74. The van der Waals surface area contributed by atoms with Crippen molar-refractivity contribution < 1.29 is 9.53 Å². The maximum atomic E-state index is 11.4. The van der Waals surface area contributed by atoms with Gasteiger partial charge in [-0.05, 0) is 116 Å². The third-order valence-electron chi connectivity index (χ3n) is 11.9. The minimum atomic E-state index is -1.70. The summed E-state index contributed by atoms with van der Waals surface area (Å²) in [5, 5.41) is 11.7. The summed E-state index contributed by atoms with van der Waals surface area (Å²) in [6, 6.07) is 0. The number of fused-ring (bicyclic) bond motifs is 5. The summed E-state index contributed by atoms with van der Waals surface area (Å²) >= 11 is 0. The fraction of sp³-hybridized carbons (Fsp3) is 0.933. The quantitative estimate of drug-likeness (QED) is 0.321. The molecule has 2 unspecified atom stereocenters. The van der Waals surface area contributed by atoms with E-state index in [-0.39, 0.29) is 11.1 Å². The smallest absolute Gasteiger partial charge is 0.191 e. The molecule has 4 aliphatic rings. The fourth-order valence-corrected chi connectivity index (χ4v) is 9.88. The second kappa shape index (κ2) is 8.77. The van der Waals surface area contributed by atoms with Gasteiger partial charge in [-0.2, -0.15) is 0 Å². The van der Waals surface area contributed by atoms with Crippen LogP contribution in [0.15, 0.2) is 11.6 Å². The van der Waals surface area contributed by atoms with Gasteiger partial charge >= 0.3 is 0 Å². The first-order valence-electron chi connectivity index (χ1n) is 14.2. The van der Waals surface area contributed by atoms with Crippen LogP contribution < -0.4 is 0 Å². The van der Waals surface area contributed by atoms with Crippen molar-refractivity contribution >= 4 is 8.32 Å². The van der Waals surface area contributed by atoms with Crippen LogP contribution in [-0.4, -0.2) is 26.1 Å². The number of allylic oxidation sites excluding steroid dienone is 2. The van der Waals surface area contributed by atoms with Crippen molar-refractivity contribution in [3.63, 3.8) is 0 Å². The molecule has 0 aliphatic heterocycles. The van der Waals surface area contributed by atoms with Crippen molar-refractivity contribution in [2.45, 2.75) is 124 Å². The molecule has 0 saturated heterocycles. The zero-order valence-corrected chi connectivity index (χ0v) is 24.3. The van der Waals surface area contributed by atoms with Crippen LogP contribution >= 0.6 is 0 Å². The number of aliphatic hydroxyl groups excluding tert-OH is 1. The van der Waals surface area contributed by atoms with Crippen LogP contribution in [0.4, 0.5) is 0 Å². The molecule has 0 aromatic rings. The highest BCUT2D eigenvalue weighted by atomic mass is 28.4. The number of hydrogen-bond donors (Lipinski definition) is 1. The molecule has 9 atom stereocenters. The third kappa shape index (κ3) is 4.35. The lowest BCUT2D eigenvalue weighted by atomic mass is 9.46. The normalized spacial score (nSPS) is 44.5. The molecule has 0 bridgehead atoms. The topological polar surface area (TPSA) is 29.5 Å². The van der Waals surface area contributed by atoms with Crippen LogP contribution in [0, 0.1) is 46.3 Å². The minimum absolute atomic E-state index is 0.133. The average Bonchev–Trinajstić information content (AvgIpc) is 2.97. The molecule has 1 N–H and O–H groups in total. The Morgan fingerprint density at radius 3 is 2.52 bits per heavy atom. The molecule has 0 aromatic heterocycles. The van der Waals surface area contributed by atoms with Crippen LogP contribution in [0.25, 0.3) is 0 Å². The maximum absolute atomic E-state index is 11.4. The van der Waals surface area contributed by atoms with Crippen molar-refractivity contribution in [1.29, 1.82) is 0 Å². The van der Waals surface area contributed by atoms with Gasteiger partial charge in [-0.3, -0.25) is 0 Å². The first-order chi connectivity index (χ1) is 15.2. The summed E-state index contributed by atoms with van der Waals surface area (Å²) in [7, 11) is -1.70. The van der Waals surface area contributed by atoms with E-state index in [1.807, 2.05) is 0 Å². The van der Waals surface area contributed by atoms with Gasteiger partial charge in [0, 0.05) is 6.61 Å². The van der Waals surface area contributed by atoms with Gasteiger partial charge in [0.2, 0.25) is 0 Å². The van der Waals surface area contributed by atoms with E-state index in [1.54, 1.807) is 5.57 Å². The molecule has 3 heteroatoms. The molecule has 33 heavy (non-hydrogen) atoms. The second-order valence-electron chi connectivity index (χ2n) is 14.9. The Balaban J connectivity index is 1.47. The largest absolute Gasteiger partial charge is 0.417 e. The van der Waals surface area contributed by atoms with Crippen LogP contribution in [0.5, 0.6) is 0 Å². The molecule has 0 aromatic carbocycles. The molecule has 0 heterocycles. The maximum Gasteiger partial charge on any atom is 0.191 e. The number of rotatable bonds is 5. The molecule has 190 valence electrons. The predicted octanol–water partition coefficient (Wildman–Crippen LogP) is 8.22. The van der Waals surface area contributed by atoms with E-state index < -0.39 is 8.32 Å². The second-order valence-corrected chi connectivity index (χ2v) is 19.7. The average molecular weight is 475 g/mol. The van der Waals surface area contributed by atoms with Gasteiger partial charge in [-0.25, -0.2) is 0 Å². The molecule has 3 saturated carbocycles. The van der Waals surface area contributed by atoms with Crippen LogP contribution in [0.2, 0.25) is 18.1 Å². The van der Waals surface area contributed by atoms with Gasteiger partial charge in [-0.1, -0.05) is 60.1 Å². The molecule has 3 fully saturated rings. The summed E-state index contributed by atoms with van der Waals surface area (Å²) in [6.07, 6.45) is 12.7. The van der Waals surface area contributed by atoms with Gasteiger partial charge in [0.1, 0.15) is 0 Å². The Morgan fingerprint density at radius 1 is 1.15 bits per heavy atom. The van der Waals surface area contributed by atoms with E-state index in [2.05, 4.69) is 67.6 Å². The Bertz CT molecular complexity index is 751. The van der Waals surface area contributed by atoms with E-state index in [1.165, 1.54) is 38.5 Å². The lowest BCUT2D eigenvalue weighted by molar-refractivity contribution is -0.0585. The van der Waals surface area contributed by atoms with Crippen molar-refractivity contribution in [1.82, 2.24) is 0 Å². The van der Waals surface area contributed by atoms with Crippen LogP contribution in [0.1, 0.15) is 99.8 Å². The molecule has 0 radical (unpaired) electrons. The number of hydrogen-bond acceptors (Lipinski definition) is 2. The summed E-state index contributed by atoms with van der Waals surface area (Å²) in [5.74, 6) is 4.12. The Hall–Kier alpha value is -0.123. The first kappa shape index (κ1) is 26.0. The number of aliphatic hydroxyl groups is 1. The van der Waals surface area contributed by atoms with Gasteiger partial charge in [-0.15, -0.1) is 0 Å². The minimum Gasteiger partial charge on any atom is -0.417 e. The lowest BCUT2D eigenvalue weighted by Gasteiger charge is -2.58. The Labute approximate surface area is 206 Å². The highest BCUT2D eigenvalue weighted by Crippen LogP contribution is 2.67. The monoisotopic (exact) mass is 474 g/mol. The molecular weight excluding hydrogens is 420 g/mol. The highest BCUT2D eigenvalue weighted by Gasteiger charge is 2.61. The van der Waals surface area contributed by atoms with E-state index in [0.717, 1.165) is 37.2 Å². The molecule has 0 spiro atoms. The van der Waals surface area contributed by atoms with E-state index >= 15 is 0 Å². The standard InChI is InChI=1S/C30H54O2Si/c1-20-12-15-29(6)22(18-20)10-11-23-24(29)13-16-30(7)25(23)19-26(31)27(30)21(2)14-17-32-33(8,9)28(3,4)5/h10,20-21,23-27,31H,11-19H2,1-9H3/t20-,21+,23+,24-,25-,26?,27-,29?,30-/m0/s1. The molecular formula is C30H54O2Si. The fourth-order valence-electron chi connectivity index (χ4n) is 8.82. The van der Waals surface area contributed by atoms with Crippen LogP contribution in [0.3, 0.4) is 0 Å². The van der Waals surface area contributed by atoms with E-state index in [9.17, 15) is 5.11 Å². The van der Waals surface area contributed by atoms with Crippen molar-refractivity contribution in [3.8, 4) is 0 Å². The van der Waals surface area contributed by atoms with Crippen molar-refractivity contribution in [3.05, 3.63) is 11.6 Å². The molecule has 4 rings (SSSR count). The first-order valence-corrected chi connectivity index (χ1v) is 17.1. The summed E-state index contributed by atoms with van der Waals surface area (Å²) < 4.78 is 6.54. The SMILES string of the molecule is C[C@H]1CCC2(C)C(=CC[C@@H]3[C@@H]2CC[C@]2(C)[C@@H]([C@H](C)CCO[Si](C)(C)C(C)(C)C)C(O)C[C@@H]32)C1.